The average molecular weight is 1370 g/mol. The van der Waals surface area contributed by atoms with Crippen molar-refractivity contribution in [1.29, 1.82) is 0 Å². The third kappa shape index (κ3) is 35.1. The molecule has 540 valence electrons. The van der Waals surface area contributed by atoms with Crippen LogP contribution >= 0.6 is 0 Å². The van der Waals surface area contributed by atoms with Crippen LogP contribution in [-0.2, 0) is 75.1 Å². The minimum absolute atomic E-state index is 0.0223. The number of ether oxygens (including phenoxy) is 1. The number of carboxylic acids is 1. The molecule has 0 bridgehead atoms. The Morgan fingerprint density at radius 1 is 0.464 bits per heavy atom. The molecule has 2 aromatic rings. The highest BCUT2D eigenvalue weighted by molar-refractivity contribution is 5.98. The lowest BCUT2D eigenvalue weighted by atomic mass is 10.0. The summed E-state index contributed by atoms with van der Waals surface area (Å²) >= 11 is 0. The number of carbonyl (C=O) groups excluding carboxylic acids is 11. The van der Waals surface area contributed by atoms with Crippen LogP contribution in [0.2, 0.25) is 0 Å². The van der Waals surface area contributed by atoms with E-state index in [4.69, 9.17) is 44.9 Å². The molecule has 0 radical (unpaired) electrons. The first-order valence-electron chi connectivity index (χ1n) is 31.8. The Labute approximate surface area is 562 Å². The summed E-state index contributed by atoms with van der Waals surface area (Å²) in [6, 6.07) is 4.32. The van der Waals surface area contributed by atoms with Crippen molar-refractivity contribution in [2.45, 2.75) is 164 Å². The zero-order valence-corrected chi connectivity index (χ0v) is 55.1. The molecular formula is C61H100N20O16. The summed E-state index contributed by atoms with van der Waals surface area (Å²) in [5.74, 6) is -11.9. The van der Waals surface area contributed by atoms with E-state index in [1.54, 1.807) is 30.3 Å². The van der Waals surface area contributed by atoms with Gasteiger partial charge in [-0.3, -0.25) is 62.7 Å². The van der Waals surface area contributed by atoms with Gasteiger partial charge in [-0.15, -0.1) is 0 Å². The second-order valence-electron chi connectivity index (χ2n) is 22.8. The first kappa shape index (κ1) is 83.5. The van der Waals surface area contributed by atoms with Gasteiger partial charge in [-0.1, -0.05) is 60.7 Å². The number of aliphatic imine (C=N–C) groups is 2. The van der Waals surface area contributed by atoms with E-state index in [1.165, 1.54) is 20.8 Å². The van der Waals surface area contributed by atoms with Gasteiger partial charge < -0.3 is 119 Å². The van der Waals surface area contributed by atoms with Crippen LogP contribution in [0.1, 0.15) is 96.1 Å². The van der Waals surface area contributed by atoms with Crippen molar-refractivity contribution >= 4 is 82.9 Å². The summed E-state index contributed by atoms with van der Waals surface area (Å²) in [4.78, 5) is 168. The number of rotatable bonds is 48. The number of hydrogen-bond donors (Lipinski definition) is 21. The Bertz CT molecular complexity index is 2900. The van der Waals surface area contributed by atoms with Gasteiger partial charge in [0.1, 0.15) is 61.0 Å². The second-order valence-corrected chi connectivity index (χ2v) is 22.8. The summed E-state index contributed by atoms with van der Waals surface area (Å²) in [5, 5.41) is 57.4. The molecule has 0 aliphatic carbocycles. The van der Waals surface area contributed by atoms with E-state index in [9.17, 15) is 72.9 Å². The molecule has 2 aromatic carbocycles. The van der Waals surface area contributed by atoms with E-state index in [1.807, 2.05) is 30.3 Å². The Kier molecular flexibility index (Phi) is 40.0. The zero-order chi connectivity index (χ0) is 72.4. The Morgan fingerprint density at radius 3 is 1.35 bits per heavy atom. The zero-order valence-electron chi connectivity index (χ0n) is 55.1. The van der Waals surface area contributed by atoms with Gasteiger partial charge in [-0.2, -0.15) is 0 Å². The number of nitrogens with two attached hydrogens (primary N) is 7. The average Bonchev–Trinajstić information content (AvgIpc) is 1.06. The molecule has 0 aliphatic rings. The molecule has 36 nitrogen and oxygen atoms in total. The van der Waals surface area contributed by atoms with Crippen LogP contribution in [-0.4, -0.2) is 224 Å². The van der Waals surface area contributed by atoms with Crippen LogP contribution in [0.3, 0.4) is 0 Å². The van der Waals surface area contributed by atoms with E-state index in [0.29, 0.717) is 37.8 Å². The predicted octanol–water partition coefficient (Wildman–Crippen LogP) is -7.73. The normalized spacial score (nSPS) is 14.3. The first-order valence-corrected chi connectivity index (χ1v) is 31.8. The molecule has 11 amide bonds. The van der Waals surface area contributed by atoms with Gasteiger partial charge in [-0.25, -0.2) is 4.79 Å². The highest BCUT2D eigenvalue weighted by Gasteiger charge is 2.34. The maximum Gasteiger partial charge on any atom is 0.326 e. The van der Waals surface area contributed by atoms with E-state index in [-0.39, 0.29) is 89.5 Å². The fourth-order valence-electron chi connectivity index (χ4n) is 9.15. The Hall–Kier alpha value is -9.62. The van der Waals surface area contributed by atoms with Gasteiger partial charge >= 0.3 is 5.97 Å². The van der Waals surface area contributed by atoms with Gasteiger partial charge in [0.2, 0.25) is 65.0 Å². The molecule has 0 saturated heterocycles. The van der Waals surface area contributed by atoms with Gasteiger partial charge in [0.15, 0.2) is 11.9 Å². The number of aliphatic hydroxyl groups excluding tert-OH is 2. The Morgan fingerprint density at radius 2 is 0.876 bits per heavy atom. The second kappa shape index (κ2) is 46.5. The molecule has 97 heavy (non-hydrogen) atoms. The van der Waals surface area contributed by atoms with Crippen molar-refractivity contribution in [2.75, 3.05) is 59.1 Å². The minimum Gasteiger partial charge on any atom is -0.480 e. The highest BCUT2D eigenvalue weighted by Crippen LogP contribution is 2.10. The number of unbranched alkanes of at least 4 members (excludes halogenated alkanes) is 2. The quantitative estimate of drug-likeness (QED) is 0.0166. The maximum absolute atomic E-state index is 14.1. The number of benzene rings is 2. The third-order valence-electron chi connectivity index (χ3n) is 14.4. The van der Waals surface area contributed by atoms with Crippen LogP contribution < -0.4 is 98.6 Å². The van der Waals surface area contributed by atoms with E-state index >= 15 is 0 Å². The van der Waals surface area contributed by atoms with E-state index in [0.717, 1.165) is 5.56 Å². The van der Waals surface area contributed by atoms with Crippen molar-refractivity contribution in [3.63, 3.8) is 0 Å². The number of guanidine groups is 2. The molecule has 0 aromatic heterocycles. The summed E-state index contributed by atoms with van der Waals surface area (Å²) in [5.41, 5.74) is 40.7. The van der Waals surface area contributed by atoms with Crippen LogP contribution in [0, 0.1) is 0 Å². The van der Waals surface area contributed by atoms with E-state index < -0.39 is 164 Å². The van der Waals surface area contributed by atoms with Crippen molar-refractivity contribution in [2.24, 2.45) is 50.1 Å². The maximum atomic E-state index is 14.1. The van der Waals surface area contributed by atoms with Crippen LogP contribution in [0.4, 0.5) is 0 Å². The monoisotopic (exact) mass is 1370 g/mol. The molecule has 2 rings (SSSR count). The van der Waals surface area contributed by atoms with E-state index in [2.05, 4.69) is 68.5 Å². The third-order valence-corrected chi connectivity index (χ3v) is 14.4. The lowest BCUT2D eigenvalue weighted by molar-refractivity contribution is -0.142. The van der Waals surface area contributed by atoms with Crippen molar-refractivity contribution in [3.8, 4) is 0 Å². The summed E-state index contributed by atoms with van der Waals surface area (Å²) in [7, 11) is 0. The number of nitrogens with zero attached hydrogens (tertiary/aromatic N) is 2. The smallest absolute Gasteiger partial charge is 0.326 e. The van der Waals surface area contributed by atoms with Crippen LogP contribution in [0.15, 0.2) is 70.6 Å². The molecule has 0 heterocycles. The van der Waals surface area contributed by atoms with Crippen molar-refractivity contribution in [1.82, 2.24) is 58.5 Å². The van der Waals surface area contributed by atoms with Gasteiger partial charge in [0.25, 0.3) is 0 Å². The van der Waals surface area contributed by atoms with Gasteiger partial charge in [-0.05, 0) is 116 Å². The molecule has 28 N–H and O–H groups in total. The highest BCUT2D eigenvalue weighted by atomic mass is 16.5. The van der Waals surface area contributed by atoms with Crippen molar-refractivity contribution < 1.29 is 77.6 Å². The molecule has 11 atom stereocenters. The molecule has 0 unspecified atom stereocenters. The Balaban J connectivity index is 2.17. The largest absolute Gasteiger partial charge is 0.480 e. The number of nitrogens with one attached hydrogen (secondary N) is 11. The molecule has 0 spiro atoms. The molecule has 0 aliphatic heterocycles. The number of aliphatic carboxylic acids is 1. The summed E-state index contributed by atoms with van der Waals surface area (Å²) in [6.45, 7) is 1.42. The van der Waals surface area contributed by atoms with Crippen LogP contribution in [0.25, 0.3) is 0 Å². The number of aliphatic hydroxyl groups is 2. The van der Waals surface area contributed by atoms with Gasteiger partial charge in [0.05, 0.1) is 32.4 Å². The fourth-order valence-corrected chi connectivity index (χ4v) is 9.15. The number of carbonyl (C=O) groups is 12. The summed E-state index contributed by atoms with van der Waals surface area (Å²) < 4.78 is 5.43. The molecule has 0 fully saturated rings. The number of amides is 11. The van der Waals surface area contributed by atoms with Gasteiger partial charge in [0, 0.05) is 25.6 Å². The number of carboxylic acid groups (broad SMARTS) is 1. The number of hydrogen-bond acceptors (Lipinski definition) is 20. The van der Waals surface area contributed by atoms with Crippen molar-refractivity contribution in [3.05, 3.63) is 71.8 Å². The minimum atomic E-state index is -1.74. The SMILES string of the molecule is C[C@H](NC(=O)CNC(=O)[C@@H](NC(=O)[C@H](Cc1ccccc1)NC(=O)CNC(=O)COC[C@@H](N)Cc1ccccc1)[C@H](C)O)C(=O)N[C@@H](CCCN=C(N)N)C(=O)N[C@@H](CCCCN)C(=O)N[C@@H](CO)C(=O)N[C@@H](C)C(=O)N[C@@H](CCCN=C(N)N)C(=O)N[C@@H](CCCCN)C(=O)O. The summed E-state index contributed by atoms with van der Waals surface area (Å²) in [6.07, 6.45) is 0.280. The first-order chi connectivity index (χ1) is 46.1. The lowest BCUT2D eigenvalue weighted by Gasteiger charge is -2.26. The topological polar surface area (TPSA) is 614 Å². The predicted molar refractivity (Wildman–Crippen MR) is 356 cm³/mol. The standard InChI is InChI=1S/C61H100N20O16/c1-35(73-47(84)31-72-58(94)50(37(3)83)81-56(92)45(29-39-18-8-5-9-19-39)75-48(85)30-71-49(86)34-97-33-40(64)28-38-16-6-4-7-17-38)51(87)76-42(22-14-26-69-60(65)66)53(89)78-41(20-10-12-24-62)55(91)80-46(32-82)57(93)74-36(2)52(88)77-43(23-15-27-70-61(67)68)54(90)79-44(59(95)96)21-11-13-25-63/h4-9,16-19,35-37,40-46,50,82-83H,10-15,20-34,62-64H2,1-3H3,(H,71,86)(H,72,94)(H,73,84)(H,74,93)(H,75,85)(H,76,87)(H,77,88)(H,78,89)(H,79,90)(H,80,91)(H,81,92)(H,95,96)(H4,65,66,69)(H4,67,68,70)/t35-,36-,37-,40-,41-,42-,43-,44-,45-,46-,50-/m0/s1. The molecular weight excluding hydrogens is 1270 g/mol. The molecule has 0 saturated carbocycles. The molecule has 36 heteroatoms. The lowest BCUT2D eigenvalue weighted by Crippen LogP contribution is -2.60. The van der Waals surface area contributed by atoms with Crippen LogP contribution in [0.5, 0.6) is 0 Å². The fraction of sp³-hybridized carbons (Fsp3) is 0.574.